The van der Waals surface area contributed by atoms with Crippen LogP contribution in [0.4, 0.5) is 0 Å². The van der Waals surface area contributed by atoms with E-state index in [1.165, 1.54) is 13.2 Å². The first kappa shape index (κ1) is 12.3. The molecule has 1 aromatic rings. The lowest BCUT2D eigenvalue weighted by atomic mass is 9.88. The van der Waals surface area contributed by atoms with Gasteiger partial charge in [-0.25, -0.2) is 0 Å². The highest BCUT2D eigenvalue weighted by atomic mass is 16.5. The van der Waals surface area contributed by atoms with Gasteiger partial charge in [0.05, 0.1) is 19.3 Å². The fraction of sp³-hybridized carbons (Fsp3) is 0.231. The van der Waals surface area contributed by atoms with Crippen molar-refractivity contribution in [2.75, 3.05) is 7.11 Å². The standard InChI is InChI=1S/C13H12O5/c1-6-7(5-14)3-8-11(12(6)16)9(15)4-10(18-2)13(8)17/h3-4,14,16H,5H2,1-2H3. The minimum Gasteiger partial charge on any atom is -0.507 e. The number of phenolic OH excluding ortho intramolecular Hbond substituents is 1. The summed E-state index contributed by atoms with van der Waals surface area (Å²) in [5, 5.41) is 19.1. The maximum absolute atomic E-state index is 12.0. The summed E-state index contributed by atoms with van der Waals surface area (Å²) < 4.78 is 4.82. The van der Waals surface area contributed by atoms with Crippen LogP contribution < -0.4 is 0 Å². The molecule has 0 aromatic heterocycles. The zero-order chi connectivity index (χ0) is 13.4. The summed E-state index contributed by atoms with van der Waals surface area (Å²) in [4.78, 5) is 23.8. The number of carbonyl (C=O) groups excluding carboxylic acids is 2. The van der Waals surface area contributed by atoms with Crippen molar-refractivity contribution in [3.05, 3.63) is 40.2 Å². The van der Waals surface area contributed by atoms with Crippen molar-refractivity contribution in [2.45, 2.75) is 13.5 Å². The SMILES string of the molecule is COC1=CC(=O)c2c(cc(CO)c(C)c2O)C1=O. The van der Waals surface area contributed by atoms with Gasteiger partial charge in [0.2, 0.25) is 5.78 Å². The lowest BCUT2D eigenvalue weighted by Gasteiger charge is -2.18. The van der Waals surface area contributed by atoms with E-state index in [1.54, 1.807) is 6.92 Å². The van der Waals surface area contributed by atoms with E-state index in [-0.39, 0.29) is 29.2 Å². The molecule has 0 saturated carbocycles. The van der Waals surface area contributed by atoms with E-state index in [0.29, 0.717) is 11.1 Å². The van der Waals surface area contributed by atoms with Gasteiger partial charge in [-0.3, -0.25) is 9.59 Å². The van der Waals surface area contributed by atoms with E-state index in [0.717, 1.165) is 6.08 Å². The Morgan fingerprint density at radius 1 is 1.33 bits per heavy atom. The van der Waals surface area contributed by atoms with Gasteiger partial charge in [-0.2, -0.15) is 0 Å². The number of carbonyl (C=O) groups is 2. The maximum atomic E-state index is 12.0. The van der Waals surface area contributed by atoms with Gasteiger partial charge in [0, 0.05) is 11.6 Å². The highest BCUT2D eigenvalue weighted by Crippen LogP contribution is 2.33. The van der Waals surface area contributed by atoms with Crippen LogP contribution in [0.2, 0.25) is 0 Å². The van der Waals surface area contributed by atoms with Gasteiger partial charge in [0.1, 0.15) is 5.75 Å². The molecule has 94 valence electrons. The van der Waals surface area contributed by atoms with Crippen LogP contribution in [0.3, 0.4) is 0 Å². The van der Waals surface area contributed by atoms with E-state index >= 15 is 0 Å². The van der Waals surface area contributed by atoms with Gasteiger partial charge < -0.3 is 14.9 Å². The number of aliphatic hydroxyl groups is 1. The van der Waals surface area contributed by atoms with Gasteiger partial charge >= 0.3 is 0 Å². The molecule has 0 radical (unpaired) electrons. The van der Waals surface area contributed by atoms with Crippen LogP contribution in [0.1, 0.15) is 31.8 Å². The number of fused-ring (bicyclic) bond motifs is 1. The monoisotopic (exact) mass is 248 g/mol. The quantitative estimate of drug-likeness (QED) is 0.818. The predicted octanol–water partition coefficient (Wildman–Crippen LogP) is 1.10. The summed E-state index contributed by atoms with van der Waals surface area (Å²) in [6, 6.07) is 1.41. The average molecular weight is 248 g/mol. The van der Waals surface area contributed by atoms with E-state index < -0.39 is 11.6 Å². The predicted molar refractivity (Wildman–Crippen MR) is 62.5 cm³/mol. The first-order valence-electron chi connectivity index (χ1n) is 5.32. The van der Waals surface area contributed by atoms with E-state index in [9.17, 15) is 14.7 Å². The molecule has 0 bridgehead atoms. The maximum Gasteiger partial charge on any atom is 0.228 e. The molecule has 0 unspecified atom stereocenters. The van der Waals surface area contributed by atoms with Gasteiger partial charge in [-0.05, 0) is 24.1 Å². The van der Waals surface area contributed by atoms with Crippen molar-refractivity contribution in [1.82, 2.24) is 0 Å². The summed E-state index contributed by atoms with van der Waals surface area (Å²) in [5.41, 5.74) is 0.832. The van der Waals surface area contributed by atoms with Crippen LogP contribution in [-0.4, -0.2) is 28.9 Å². The Hall–Kier alpha value is -2.14. The minimum absolute atomic E-state index is 0.0319. The van der Waals surface area contributed by atoms with Gasteiger partial charge in [-0.15, -0.1) is 0 Å². The summed E-state index contributed by atoms with van der Waals surface area (Å²) in [6.45, 7) is 1.26. The normalized spacial score (nSPS) is 14.3. The van der Waals surface area contributed by atoms with Crippen LogP contribution in [0, 0.1) is 6.92 Å². The number of hydrogen-bond acceptors (Lipinski definition) is 5. The second-order valence-electron chi connectivity index (χ2n) is 4.00. The number of methoxy groups -OCH3 is 1. The summed E-state index contributed by atoms with van der Waals surface area (Å²) >= 11 is 0. The third-order valence-corrected chi connectivity index (χ3v) is 3.03. The first-order valence-corrected chi connectivity index (χ1v) is 5.32. The van der Waals surface area contributed by atoms with E-state index in [4.69, 9.17) is 9.84 Å². The van der Waals surface area contributed by atoms with Crippen LogP contribution in [0.25, 0.3) is 0 Å². The molecule has 2 rings (SSSR count). The van der Waals surface area contributed by atoms with Crippen LogP contribution in [-0.2, 0) is 11.3 Å². The molecular formula is C13H12O5. The van der Waals surface area contributed by atoms with Crippen molar-refractivity contribution in [1.29, 1.82) is 0 Å². The van der Waals surface area contributed by atoms with Crippen LogP contribution in [0.15, 0.2) is 17.9 Å². The lowest BCUT2D eigenvalue weighted by Crippen LogP contribution is -2.19. The molecular weight excluding hydrogens is 236 g/mol. The van der Waals surface area contributed by atoms with Crippen molar-refractivity contribution >= 4 is 11.6 Å². The molecule has 5 heteroatoms. The number of ketones is 2. The van der Waals surface area contributed by atoms with Gasteiger partial charge in [-0.1, -0.05) is 0 Å². The fourth-order valence-electron chi connectivity index (χ4n) is 1.96. The van der Waals surface area contributed by atoms with Crippen molar-refractivity contribution in [3.8, 4) is 5.75 Å². The molecule has 0 fully saturated rings. The first-order chi connectivity index (χ1) is 8.51. The molecule has 1 aliphatic rings. The molecule has 18 heavy (non-hydrogen) atoms. The zero-order valence-corrected chi connectivity index (χ0v) is 9.98. The number of ether oxygens (including phenoxy) is 1. The third-order valence-electron chi connectivity index (χ3n) is 3.03. The molecule has 0 amide bonds. The number of phenols is 1. The van der Waals surface area contributed by atoms with E-state index in [1.807, 2.05) is 0 Å². The lowest BCUT2D eigenvalue weighted by molar-refractivity contribution is 0.0914. The highest BCUT2D eigenvalue weighted by Gasteiger charge is 2.30. The Morgan fingerprint density at radius 2 is 2.00 bits per heavy atom. The largest absolute Gasteiger partial charge is 0.507 e. The Kier molecular flexibility index (Phi) is 2.92. The van der Waals surface area contributed by atoms with Gasteiger partial charge in [0.25, 0.3) is 0 Å². The Morgan fingerprint density at radius 3 is 2.56 bits per heavy atom. The number of aromatic hydroxyl groups is 1. The third kappa shape index (κ3) is 1.60. The molecule has 2 N–H and O–H groups in total. The molecule has 5 nitrogen and oxygen atoms in total. The second-order valence-corrected chi connectivity index (χ2v) is 4.00. The molecule has 1 aliphatic carbocycles. The molecule has 0 heterocycles. The smallest absolute Gasteiger partial charge is 0.228 e. The Balaban J connectivity index is 2.74. The Labute approximate surface area is 103 Å². The second kappa shape index (κ2) is 4.27. The number of hydrogen-bond donors (Lipinski definition) is 2. The highest BCUT2D eigenvalue weighted by molar-refractivity contribution is 6.25. The number of aliphatic hydroxyl groups excluding tert-OH is 1. The van der Waals surface area contributed by atoms with Crippen LogP contribution in [0.5, 0.6) is 5.75 Å². The molecule has 0 spiro atoms. The van der Waals surface area contributed by atoms with Crippen molar-refractivity contribution in [2.24, 2.45) is 0 Å². The summed E-state index contributed by atoms with van der Waals surface area (Å²) in [5.74, 6) is -1.29. The van der Waals surface area contributed by atoms with Gasteiger partial charge in [0.15, 0.2) is 11.5 Å². The molecule has 0 atom stereocenters. The Bertz CT molecular complexity index is 584. The topological polar surface area (TPSA) is 83.8 Å². The van der Waals surface area contributed by atoms with Crippen molar-refractivity contribution in [3.63, 3.8) is 0 Å². The number of benzene rings is 1. The zero-order valence-electron chi connectivity index (χ0n) is 9.98. The molecule has 0 saturated heterocycles. The number of Topliss-reactive ketones (excluding diaryl/α,β-unsaturated/α-hetero) is 1. The average Bonchev–Trinajstić information content (AvgIpc) is 2.36. The van der Waals surface area contributed by atoms with Crippen LogP contribution >= 0.6 is 0 Å². The summed E-state index contributed by atoms with van der Waals surface area (Å²) in [7, 11) is 1.29. The van der Waals surface area contributed by atoms with E-state index in [2.05, 4.69) is 0 Å². The van der Waals surface area contributed by atoms with Crippen molar-refractivity contribution < 1.29 is 24.5 Å². The molecule has 1 aromatic carbocycles. The number of allylic oxidation sites excluding steroid dienone is 2. The fourth-order valence-corrected chi connectivity index (χ4v) is 1.96. The minimum atomic E-state index is -0.480. The molecule has 0 aliphatic heterocycles. The number of rotatable bonds is 2. The summed E-state index contributed by atoms with van der Waals surface area (Å²) in [6.07, 6.45) is 1.06.